The lowest BCUT2D eigenvalue weighted by molar-refractivity contribution is -0.121. The Morgan fingerprint density at radius 1 is 1.19 bits per heavy atom. The summed E-state index contributed by atoms with van der Waals surface area (Å²) in [5.41, 5.74) is 4.03. The number of thiophene rings is 1. The van der Waals surface area contributed by atoms with E-state index < -0.39 is 0 Å². The van der Waals surface area contributed by atoms with E-state index in [1.165, 1.54) is 35.7 Å². The molecule has 2 heterocycles. The quantitative estimate of drug-likeness (QED) is 0.782. The number of rotatable bonds is 6. The Morgan fingerprint density at radius 2 is 2.04 bits per heavy atom. The highest BCUT2D eigenvalue weighted by atomic mass is 32.2. The number of hydrogen-bond donors (Lipinski definition) is 1. The number of carbonyl (C=O) groups excluding carboxylic acids is 2. The van der Waals surface area contributed by atoms with Gasteiger partial charge in [-0.05, 0) is 53.8 Å². The van der Waals surface area contributed by atoms with Crippen molar-refractivity contribution in [2.24, 2.45) is 0 Å². The molecule has 1 aliphatic heterocycles. The maximum absolute atomic E-state index is 12.6. The predicted octanol–water partition coefficient (Wildman–Crippen LogP) is 4.39. The third-order valence-corrected chi connectivity index (χ3v) is 7.12. The van der Waals surface area contributed by atoms with Gasteiger partial charge < -0.3 is 10.2 Å². The fourth-order valence-corrected chi connectivity index (χ4v) is 5.46. The second-order valence-corrected chi connectivity index (χ2v) is 9.13. The average molecular weight is 401 g/mol. The zero-order chi connectivity index (χ0) is 18.6. The van der Waals surface area contributed by atoms with Gasteiger partial charge in [-0.25, -0.2) is 0 Å². The molecule has 1 aliphatic carbocycles. The zero-order valence-electron chi connectivity index (χ0n) is 15.3. The van der Waals surface area contributed by atoms with Crippen molar-refractivity contribution >= 4 is 34.2 Å². The van der Waals surface area contributed by atoms with E-state index in [2.05, 4.69) is 29.6 Å². The van der Waals surface area contributed by atoms with Gasteiger partial charge in [-0.2, -0.15) is 0 Å². The third kappa shape index (κ3) is 4.38. The molecular formula is C21H24N2O2S2. The Kier molecular flexibility index (Phi) is 5.83. The zero-order valence-corrected chi connectivity index (χ0v) is 16.9. The lowest BCUT2D eigenvalue weighted by Gasteiger charge is -2.22. The van der Waals surface area contributed by atoms with E-state index in [4.69, 9.17) is 0 Å². The van der Waals surface area contributed by atoms with Gasteiger partial charge in [-0.15, -0.1) is 11.3 Å². The second kappa shape index (κ2) is 8.48. The molecule has 1 saturated heterocycles. The van der Waals surface area contributed by atoms with Gasteiger partial charge in [0.2, 0.25) is 5.91 Å². The van der Waals surface area contributed by atoms with Crippen molar-refractivity contribution in [3.63, 3.8) is 0 Å². The van der Waals surface area contributed by atoms with Crippen molar-refractivity contribution in [1.29, 1.82) is 0 Å². The summed E-state index contributed by atoms with van der Waals surface area (Å²) < 4.78 is 0. The van der Waals surface area contributed by atoms with Crippen LogP contribution < -0.4 is 5.32 Å². The van der Waals surface area contributed by atoms with Gasteiger partial charge in [0.05, 0.1) is 6.04 Å². The minimum absolute atomic E-state index is 0.00387. The van der Waals surface area contributed by atoms with E-state index in [0.29, 0.717) is 13.0 Å². The molecule has 6 heteroatoms. The summed E-state index contributed by atoms with van der Waals surface area (Å²) >= 11 is 3.00. The first-order valence-corrected chi connectivity index (χ1v) is 11.4. The number of hydrogen-bond acceptors (Lipinski definition) is 4. The Labute approximate surface area is 168 Å². The van der Waals surface area contributed by atoms with Gasteiger partial charge in [0.1, 0.15) is 0 Å². The molecule has 4 rings (SSSR count). The highest BCUT2D eigenvalue weighted by Crippen LogP contribution is 2.30. The van der Waals surface area contributed by atoms with Crippen LogP contribution in [0.2, 0.25) is 0 Å². The molecule has 142 valence electrons. The Balaban J connectivity index is 1.48. The number of benzene rings is 1. The lowest BCUT2D eigenvalue weighted by atomic mass is 9.89. The number of thioether (sulfide) groups is 1. The summed E-state index contributed by atoms with van der Waals surface area (Å²) in [7, 11) is 0. The van der Waals surface area contributed by atoms with E-state index in [1.54, 1.807) is 16.2 Å². The molecule has 0 unspecified atom stereocenters. The van der Waals surface area contributed by atoms with Crippen LogP contribution in [-0.4, -0.2) is 34.9 Å². The van der Waals surface area contributed by atoms with Crippen LogP contribution in [0.3, 0.4) is 0 Å². The first-order chi connectivity index (χ1) is 13.2. The molecule has 1 atom stereocenters. The average Bonchev–Trinajstić information content (AvgIpc) is 3.36. The SMILES string of the molecule is O=C(CCN1CCSC1=O)N[C@@H](c1ccc2c(c1)CCCC2)c1cccs1. The van der Waals surface area contributed by atoms with Crippen LogP contribution in [0.5, 0.6) is 0 Å². The molecule has 0 saturated carbocycles. The highest BCUT2D eigenvalue weighted by molar-refractivity contribution is 8.13. The van der Waals surface area contributed by atoms with Crippen LogP contribution in [0.1, 0.15) is 46.9 Å². The van der Waals surface area contributed by atoms with E-state index in [0.717, 1.165) is 35.6 Å². The minimum Gasteiger partial charge on any atom is -0.344 e. The fourth-order valence-electron chi connectivity index (χ4n) is 3.81. The Morgan fingerprint density at radius 3 is 2.78 bits per heavy atom. The van der Waals surface area contributed by atoms with E-state index >= 15 is 0 Å². The van der Waals surface area contributed by atoms with Crippen molar-refractivity contribution in [3.8, 4) is 0 Å². The molecular weight excluding hydrogens is 376 g/mol. The molecule has 1 aromatic carbocycles. The summed E-state index contributed by atoms with van der Waals surface area (Å²) in [6.45, 7) is 1.25. The lowest BCUT2D eigenvalue weighted by Crippen LogP contribution is -2.33. The number of carbonyl (C=O) groups is 2. The molecule has 2 amide bonds. The largest absolute Gasteiger partial charge is 0.344 e. The normalized spacial score (nSPS) is 17.6. The second-order valence-electron chi connectivity index (χ2n) is 7.10. The van der Waals surface area contributed by atoms with Crippen molar-refractivity contribution in [2.75, 3.05) is 18.8 Å². The molecule has 2 aliphatic rings. The van der Waals surface area contributed by atoms with Crippen LogP contribution in [-0.2, 0) is 17.6 Å². The van der Waals surface area contributed by atoms with Crippen molar-refractivity contribution in [3.05, 3.63) is 57.3 Å². The third-order valence-electron chi connectivity index (χ3n) is 5.29. The van der Waals surface area contributed by atoms with Crippen molar-refractivity contribution in [1.82, 2.24) is 10.2 Å². The number of aryl methyl sites for hydroxylation is 2. The van der Waals surface area contributed by atoms with Gasteiger partial charge in [0, 0.05) is 30.1 Å². The van der Waals surface area contributed by atoms with Crippen molar-refractivity contribution < 1.29 is 9.59 Å². The fraction of sp³-hybridized carbons (Fsp3) is 0.429. The molecule has 4 nitrogen and oxygen atoms in total. The van der Waals surface area contributed by atoms with Gasteiger partial charge in [0.15, 0.2) is 0 Å². The molecule has 1 fully saturated rings. The molecule has 1 aromatic heterocycles. The van der Waals surface area contributed by atoms with Crippen LogP contribution in [0, 0.1) is 0 Å². The number of nitrogens with zero attached hydrogens (tertiary/aromatic N) is 1. The minimum atomic E-state index is -0.117. The molecule has 0 spiro atoms. The van der Waals surface area contributed by atoms with Crippen LogP contribution in [0.4, 0.5) is 4.79 Å². The van der Waals surface area contributed by atoms with Crippen LogP contribution in [0.15, 0.2) is 35.7 Å². The van der Waals surface area contributed by atoms with E-state index in [1.807, 2.05) is 11.4 Å². The molecule has 2 aromatic rings. The standard InChI is InChI=1S/C21H24N2O2S2/c24-19(9-10-23-11-13-27-21(23)25)22-20(18-6-3-12-26-18)17-8-7-15-4-1-2-5-16(15)14-17/h3,6-8,12,14,20H,1-2,4-5,9-11,13H2,(H,22,24)/t20-/m0/s1. The number of fused-ring (bicyclic) bond motifs is 1. The molecule has 0 radical (unpaired) electrons. The topological polar surface area (TPSA) is 49.4 Å². The molecule has 27 heavy (non-hydrogen) atoms. The number of nitrogens with one attached hydrogen (secondary N) is 1. The highest BCUT2D eigenvalue weighted by Gasteiger charge is 2.23. The summed E-state index contributed by atoms with van der Waals surface area (Å²) in [5, 5.41) is 5.35. The number of amides is 2. The smallest absolute Gasteiger partial charge is 0.281 e. The summed E-state index contributed by atoms with van der Waals surface area (Å²) in [6.07, 6.45) is 5.15. The van der Waals surface area contributed by atoms with Gasteiger partial charge >= 0.3 is 0 Å². The summed E-state index contributed by atoms with van der Waals surface area (Å²) in [5.74, 6) is 0.823. The summed E-state index contributed by atoms with van der Waals surface area (Å²) in [6, 6.07) is 10.7. The van der Waals surface area contributed by atoms with Crippen molar-refractivity contribution in [2.45, 2.75) is 38.1 Å². The maximum atomic E-state index is 12.6. The van der Waals surface area contributed by atoms with Gasteiger partial charge in [-0.1, -0.05) is 36.0 Å². The van der Waals surface area contributed by atoms with Gasteiger partial charge in [-0.3, -0.25) is 9.59 Å². The first kappa shape index (κ1) is 18.6. The maximum Gasteiger partial charge on any atom is 0.281 e. The van der Waals surface area contributed by atoms with E-state index in [-0.39, 0.29) is 17.2 Å². The monoisotopic (exact) mass is 400 g/mol. The van der Waals surface area contributed by atoms with Crippen LogP contribution in [0.25, 0.3) is 0 Å². The Bertz CT molecular complexity index is 820. The van der Waals surface area contributed by atoms with E-state index in [9.17, 15) is 9.59 Å². The Hall–Kier alpha value is -1.79. The molecule has 0 bridgehead atoms. The molecule has 1 N–H and O–H groups in total. The predicted molar refractivity (Wildman–Crippen MR) is 111 cm³/mol. The summed E-state index contributed by atoms with van der Waals surface area (Å²) in [4.78, 5) is 27.2. The van der Waals surface area contributed by atoms with Gasteiger partial charge in [0.25, 0.3) is 5.24 Å². The van der Waals surface area contributed by atoms with Crippen LogP contribution >= 0.6 is 23.1 Å². The first-order valence-electron chi connectivity index (χ1n) is 9.57.